The zero-order valence-electron chi connectivity index (χ0n) is 22.3. The van der Waals surface area contributed by atoms with E-state index in [1.165, 1.54) is 0 Å². The van der Waals surface area contributed by atoms with Gasteiger partial charge in [-0.2, -0.15) is 0 Å². The van der Waals surface area contributed by atoms with Gasteiger partial charge in [0.1, 0.15) is 5.76 Å². The number of piperidine rings is 1. The lowest BCUT2D eigenvalue weighted by molar-refractivity contribution is -0.176. The molecular formula is C30H31NO9. The zero-order chi connectivity index (χ0) is 28.2. The van der Waals surface area contributed by atoms with E-state index in [1.807, 2.05) is 19.2 Å². The van der Waals surface area contributed by atoms with Crippen molar-refractivity contribution >= 4 is 17.9 Å². The zero-order valence-corrected chi connectivity index (χ0v) is 22.3. The van der Waals surface area contributed by atoms with E-state index in [-0.39, 0.29) is 24.6 Å². The van der Waals surface area contributed by atoms with Gasteiger partial charge in [0.2, 0.25) is 6.10 Å². The van der Waals surface area contributed by atoms with Gasteiger partial charge in [-0.25, -0.2) is 4.79 Å². The lowest BCUT2D eigenvalue weighted by Gasteiger charge is -2.61. The number of hydrogen-bond acceptors (Lipinski definition) is 9. The van der Waals surface area contributed by atoms with E-state index in [4.69, 9.17) is 24.1 Å². The van der Waals surface area contributed by atoms with Gasteiger partial charge in [0.25, 0.3) is 0 Å². The van der Waals surface area contributed by atoms with Crippen LogP contribution in [0.3, 0.4) is 0 Å². The number of methoxy groups -OCH3 is 1. The number of aliphatic hydroxyl groups is 1. The number of benzene rings is 2. The Labute approximate surface area is 231 Å². The molecule has 210 valence electrons. The quantitative estimate of drug-likeness (QED) is 0.474. The predicted octanol–water partition coefficient (Wildman–Crippen LogP) is 2.67. The summed E-state index contributed by atoms with van der Waals surface area (Å²) in [6, 6.07) is 12.1. The van der Waals surface area contributed by atoms with Crippen molar-refractivity contribution in [2.75, 3.05) is 20.7 Å². The number of carbonyl (C=O) groups is 3. The maximum atomic E-state index is 13.6. The highest BCUT2D eigenvalue weighted by Crippen LogP contribution is 2.65. The minimum Gasteiger partial charge on any atom is -0.493 e. The molecule has 10 heteroatoms. The monoisotopic (exact) mass is 549 g/mol. The van der Waals surface area contributed by atoms with Crippen LogP contribution in [0.5, 0.6) is 11.5 Å². The Bertz CT molecular complexity index is 1410. The second-order valence-electron chi connectivity index (χ2n) is 10.9. The molecule has 2 bridgehead atoms. The van der Waals surface area contributed by atoms with Gasteiger partial charge >= 0.3 is 17.9 Å². The molecule has 2 aromatic rings. The maximum absolute atomic E-state index is 13.6. The van der Waals surface area contributed by atoms with Crippen LogP contribution in [0.15, 0.2) is 54.3 Å². The largest absolute Gasteiger partial charge is 0.493 e. The fraction of sp³-hybridized carbons (Fsp3) is 0.433. The average molecular weight is 550 g/mol. The third kappa shape index (κ3) is 3.81. The number of likely N-dealkylation sites (N-methyl/N-ethyl adjacent to an activating group) is 1. The molecule has 0 unspecified atom stereocenters. The van der Waals surface area contributed by atoms with Crippen LogP contribution >= 0.6 is 0 Å². The molecule has 2 aliphatic carbocycles. The summed E-state index contributed by atoms with van der Waals surface area (Å²) in [5.74, 6) is -1.48. The Hall–Kier alpha value is -3.89. The van der Waals surface area contributed by atoms with E-state index in [9.17, 15) is 19.5 Å². The normalized spacial score (nSPS) is 28.4. The first-order valence-electron chi connectivity index (χ1n) is 13.4. The van der Waals surface area contributed by atoms with Crippen LogP contribution in [-0.4, -0.2) is 71.5 Å². The molecule has 4 aliphatic rings. The second-order valence-corrected chi connectivity index (χ2v) is 10.9. The molecule has 5 atom stereocenters. The molecule has 0 saturated carbocycles. The smallest absolute Gasteiger partial charge is 0.357 e. The van der Waals surface area contributed by atoms with E-state index in [0.717, 1.165) is 17.7 Å². The van der Waals surface area contributed by atoms with E-state index in [1.54, 1.807) is 43.5 Å². The van der Waals surface area contributed by atoms with Crippen molar-refractivity contribution in [3.8, 4) is 11.5 Å². The van der Waals surface area contributed by atoms with Gasteiger partial charge in [-0.1, -0.05) is 36.4 Å². The summed E-state index contributed by atoms with van der Waals surface area (Å²) < 4.78 is 23.5. The van der Waals surface area contributed by atoms with Crippen LogP contribution in [0.1, 0.15) is 48.5 Å². The highest BCUT2D eigenvalue weighted by Gasteiger charge is 2.72. The molecule has 0 aromatic heterocycles. The predicted molar refractivity (Wildman–Crippen MR) is 140 cm³/mol. The number of carboxylic acid groups (broad SMARTS) is 1. The molecular weight excluding hydrogens is 518 g/mol. The molecule has 2 aromatic carbocycles. The number of aliphatic carboxylic acids is 1. The lowest BCUT2D eigenvalue weighted by atomic mass is 9.50. The molecule has 6 rings (SSSR count). The molecule has 40 heavy (non-hydrogen) atoms. The van der Waals surface area contributed by atoms with Crippen molar-refractivity contribution in [2.45, 2.75) is 61.4 Å². The summed E-state index contributed by atoms with van der Waals surface area (Å²) in [4.78, 5) is 39.2. The Kier molecular flexibility index (Phi) is 6.35. The van der Waals surface area contributed by atoms with Gasteiger partial charge in [0.05, 0.1) is 31.0 Å². The van der Waals surface area contributed by atoms with Crippen molar-refractivity contribution in [1.29, 1.82) is 0 Å². The van der Waals surface area contributed by atoms with Crippen LogP contribution < -0.4 is 9.47 Å². The first-order valence-corrected chi connectivity index (χ1v) is 13.4. The SMILES string of the molecule is COc1ccc2c3c1O[C@H]1C(OC(=O)[C@H](OC(=O)CCC(=O)O)c4ccccc4)=CC[C@@]4(O)[C@@H](C2)N(C)CC[C@]314. The third-order valence-electron chi connectivity index (χ3n) is 8.89. The fourth-order valence-corrected chi connectivity index (χ4v) is 7.04. The Balaban J connectivity index is 1.36. The number of rotatable bonds is 8. The first-order chi connectivity index (χ1) is 19.2. The van der Waals surface area contributed by atoms with Gasteiger partial charge in [-0.05, 0) is 44.1 Å². The molecule has 2 aliphatic heterocycles. The van der Waals surface area contributed by atoms with Crippen molar-refractivity contribution in [3.05, 3.63) is 71.0 Å². The fourth-order valence-electron chi connectivity index (χ4n) is 7.04. The lowest BCUT2D eigenvalue weighted by Crippen LogP contribution is -2.74. The van der Waals surface area contributed by atoms with E-state index >= 15 is 0 Å². The minimum atomic E-state index is -1.41. The van der Waals surface area contributed by atoms with Crippen LogP contribution in [0.2, 0.25) is 0 Å². The summed E-state index contributed by atoms with van der Waals surface area (Å²) in [5.41, 5.74) is 0.352. The number of carboxylic acids is 1. The Morgan fingerprint density at radius 2 is 1.93 bits per heavy atom. The van der Waals surface area contributed by atoms with Gasteiger partial charge in [0.15, 0.2) is 17.6 Å². The summed E-state index contributed by atoms with van der Waals surface area (Å²) in [6.45, 7) is 0.720. The van der Waals surface area contributed by atoms with Crippen LogP contribution in [-0.2, 0) is 35.7 Å². The molecule has 1 fully saturated rings. The molecule has 0 amide bonds. The first kappa shape index (κ1) is 26.3. The van der Waals surface area contributed by atoms with Crippen LogP contribution in [0.25, 0.3) is 0 Å². The minimum absolute atomic E-state index is 0.153. The maximum Gasteiger partial charge on any atom is 0.357 e. The van der Waals surface area contributed by atoms with Crippen LogP contribution in [0.4, 0.5) is 0 Å². The summed E-state index contributed by atoms with van der Waals surface area (Å²) in [6.07, 6.45) is 0.166. The topological polar surface area (TPSA) is 132 Å². The van der Waals surface area contributed by atoms with E-state index in [2.05, 4.69) is 4.90 Å². The molecule has 1 spiro atoms. The number of hydrogen-bond donors (Lipinski definition) is 2. The Morgan fingerprint density at radius 3 is 2.65 bits per heavy atom. The van der Waals surface area contributed by atoms with Crippen molar-refractivity contribution in [2.24, 2.45) is 0 Å². The molecule has 0 radical (unpaired) electrons. The van der Waals surface area contributed by atoms with Gasteiger partial charge < -0.3 is 34.1 Å². The van der Waals surface area contributed by atoms with Crippen molar-refractivity contribution in [1.82, 2.24) is 4.90 Å². The molecule has 2 N–H and O–H groups in total. The van der Waals surface area contributed by atoms with Gasteiger partial charge in [-0.3, -0.25) is 9.59 Å². The number of ether oxygens (including phenoxy) is 4. The Morgan fingerprint density at radius 1 is 1.15 bits per heavy atom. The van der Waals surface area contributed by atoms with E-state index < -0.39 is 47.6 Å². The van der Waals surface area contributed by atoms with Gasteiger partial charge in [-0.15, -0.1) is 0 Å². The average Bonchev–Trinajstić information content (AvgIpc) is 3.30. The third-order valence-corrected chi connectivity index (χ3v) is 8.89. The highest BCUT2D eigenvalue weighted by atomic mass is 16.6. The standard InChI is InChI=1S/C30H31NO9/c1-31-15-14-29-24-18-8-9-19(37-2)26(24)40-27(29)20(12-13-30(29,36)21(31)16-18)38-28(35)25(17-6-4-3-5-7-17)39-23(34)11-10-22(32)33/h3-9,12,21,25,27,36H,10-11,13-16H2,1-2H3,(H,32,33)/t21-,25-,27+,29+,30-/m1/s1. The summed E-state index contributed by atoms with van der Waals surface area (Å²) in [5, 5.41) is 21.3. The highest BCUT2D eigenvalue weighted by molar-refractivity contribution is 5.83. The van der Waals surface area contributed by atoms with E-state index in [0.29, 0.717) is 29.9 Å². The van der Waals surface area contributed by atoms with Crippen molar-refractivity contribution < 1.29 is 43.5 Å². The van der Waals surface area contributed by atoms with Gasteiger partial charge in [0, 0.05) is 23.6 Å². The molecule has 10 nitrogen and oxygen atoms in total. The van der Waals surface area contributed by atoms with Crippen molar-refractivity contribution in [3.63, 3.8) is 0 Å². The summed E-state index contributed by atoms with van der Waals surface area (Å²) in [7, 11) is 3.58. The number of esters is 2. The summed E-state index contributed by atoms with van der Waals surface area (Å²) >= 11 is 0. The molecule has 2 heterocycles. The molecule has 1 saturated heterocycles. The second kappa shape index (κ2) is 9.64. The number of nitrogens with zero attached hydrogens (tertiary/aromatic N) is 1. The number of likely N-dealkylation sites (tertiary alicyclic amines) is 1. The van der Waals surface area contributed by atoms with Crippen LogP contribution in [0, 0.1) is 0 Å². The number of carbonyl (C=O) groups excluding carboxylic acids is 2.